The van der Waals surface area contributed by atoms with Crippen LogP contribution in [0.4, 0.5) is 11.8 Å². The Hall–Kier alpha value is -2.43. The summed E-state index contributed by atoms with van der Waals surface area (Å²) in [4.78, 5) is 11.5. The quantitative estimate of drug-likeness (QED) is 0.470. The van der Waals surface area contributed by atoms with Gasteiger partial charge in [-0.15, -0.1) is 0 Å². The van der Waals surface area contributed by atoms with Crippen molar-refractivity contribution in [1.82, 2.24) is 14.7 Å². The molecule has 0 spiro atoms. The van der Waals surface area contributed by atoms with Gasteiger partial charge >= 0.3 is 0 Å². The Morgan fingerprint density at radius 1 is 1.03 bits per heavy atom. The number of rotatable bonds is 7. The van der Waals surface area contributed by atoms with Crippen molar-refractivity contribution in [2.45, 2.75) is 42.7 Å². The lowest BCUT2D eigenvalue weighted by Crippen LogP contribution is -2.40. The summed E-state index contributed by atoms with van der Waals surface area (Å²) in [5.74, 6) is 1.78. The molecule has 1 aromatic heterocycles. The molecule has 0 unspecified atom stereocenters. The zero-order valence-corrected chi connectivity index (χ0v) is 21.3. The maximum absolute atomic E-state index is 12.9. The van der Waals surface area contributed by atoms with Gasteiger partial charge in [-0.3, -0.25) is 0 Å². The van der Waals surface area contributed by atoms with Crippen LogP contribution in [0.1, 0.15) is 25.7 Å². The summed E-state index contributed by atoms with van der Waals surface area (Å²) >= 11 is 3.35. The fraction of sp³-hybridized carbons (Fsp3) is 0.391. The number of sulfonamides is 1. The minimum atomic E-state index is -3.68. The van der Waals surface area contributed by atoms with Crippen LogP contribution in [0.5, 0.6) is 5.75 Å². The average Bonchev–Trinajstić information content (AvgIpc) is 2.79. The Labute approximate surface area is 202 Å². The summed E-state index contributed by atoms with van der Waals surface area (Å²) < 4.78 is 34.8. The monoisotopic (exact) mass is 533 g/mol. The number of anilines is 2. The van der Waals surface area contributed by atoms with Crippen molar-refractivity contribution in [3.8, 4) is 5.75 Å². The minimum absolute atomic E-state index is 0.128. The molecule has 10 heteroatoms. The fourth-order valence-corrected chi connectivity index (χ4v) is 5.95. The molecule has 0 aliphatic heterocycles. The first-order valence-electron chi connectivity index (χ1n) is 10.8. The number of methoxy groups -OCH3 is 1. The maximum Gasteiger partial charge on any atom is 0.244 e. The molecule has 0 bridgehead atoms. The summed E-state index contributed by atoms with van der Waals surface area (Å²) in [5, 5.41) is 4.47. The molecule has 2 aromatic carbocycles. The molecule has 0 amide bonds. The third kappa shape index (κ3) is 5.39. The number of nitrogens with one attached hydrogen (secondary N) is 2. The molecule has 176 valence electrons. The highest BCUT2D eigenvalue weighted by Crippen LogP contribution is 2.30. The lowest BCUT2D eigenvalue weighted by Gasteiger charge is -2.30. The van der Waals surface area contributed by atoms with Gasteiger partial charge in [0.15, 0.2) is 0 Å². The Bertz CT molecular complexity index is 1240. The maximum atomic E-state index is 12.9. The van der Waals surface area contributed by atoms with E-state index in [2.05, 4.69) is 31.0 Å². The van der Waals surface area contributed by atoms with Gasteiger partial charge in [0.25, 0.3) is 0 Å². The topological polar surface area (TPSA) is 96.5 Å². The molecule has 0 saturated heterocycles. The number of halogens is 1. The molecular formula is C23H28BrN5O3S. The van der Waals surface area contributed by atoms with Gasteiger partial charge in [-0.1, -0.05) is 28.1 Å². The Balaban J connectivity index is 1.42. The third-order valence-electron chi connectivity index (χ3n) is 5.80. The number of hydrogen-bond acceptors (Lipinski definition) is 7. The van der Waals surface area contributed by atoms with E-state index >= 15 is 0 Å². The van der Waals surface area contributed by atoms with Gasteiger partial charge in [0, 0.05) is 36.0 Å². The largest absolute Gasteiger partial charge is 0.495 e. The minimum Gasteiger partial charge on any atom is -0.495 e. The predicted octanol–water partition coefficient (Wildman–Crippen LogP) is 4.17. The summed E-state index contributed by atoms with van der Waals surface area (Å²) in [6.45, 7) is 0. The Morgan fingerprint density at radius 2 is 1.73 bits per heavy atom. The van der Waals surface area contributed by atoms with Gasteiger partial charge in [0.1, 0.15) is 16.5 Å². The highest BCUT2D eigenvalue weighted by atomic mass is 79.9. The van der Waals surface area contributed by atoms with E-state index in [4.69, 9.17) is 9.72 Å². The summed E-state index contributed by atoms with van der Waals surface area (Å²) in [6.07, 6.45) is 3.09. The van der Waals surface area contributed by atoms with Crippen LogP contribution in [-0.4, -0.2) is 51.7 Å². The van der Waals surface area contributed by atoms with Crippen molar-refractivity contribution in [2.75, 3.05) is 31.4 Å². The van der Waals surface area contributed by atoms with Crippen LogP contribution >= 0.6 is 15.9 Å². The third-order valence-corrected chi connectivity index (χ3v) is 7.86. The van der Waals surface area contributed by atoms with E-state index in [1.165, 1.54) is 7.11 Å². The van der Waals surface area contributed by atoms with Gasteiger partial charge in [-0.2, -0.15) is 4.98 Å². The van der Waals surface area contributed by atoms with E-state index in [0.29, 0.717) is 11.7 Å². The number of para-hydroxylation sites is 1. The van der Waals surface area contributed by atoms with E-state index in [-0.39, 0.29) is 17.0 Å². The standard InChI is InChI=1S/C23H28BrN5O3S/c1-29(2)22-18-6-4-5-7-19(18)26-23(27-22)25-16-9-11-17(12-10-16)28-33(30,31)21-13-8-15(24)14-20(21)32-3/h4-8,13-14,16-17,28H,9-12H2,1-3H3,(H,25,26,27). The van der Waals surface area contributed by atoms with E-state index in [9.17, 15) is 8.42 Å². The second-order valence-corrected chi connectivity index (χ2v) is 11.0. The van der Waals surface area contributed by atoms with Crippen LogP contribution in [0.3, 0.4) is 0 Å². The van der Waals surface area contributed by atoms with Crippen molar-refractivity contribution in [3.63, 3.8) is 0 Å². The summed E-state index contributed by atoms with van der Waals surface area (Å²) in [5.41, 5.74) is 0.892. The van der Waals surface area contributed by atoms with Gasteiger partial charge in [0.2, 0.25) is 16.0 Å². The lowest BCUT2D eigenvalue weighted by molar-refractivity contribution is 0.382. The lowest BCUT2D eigenvalue weighted by atomic mass is 9.92. The highest BCUT2D eigenvalue weighted by Gasteiger charge is 2.28. The highest BCUT2D eigenvalue weighted by molar-refractivity contribution is 9.10. The van der Waals surface area contributed by atoms with Gasteiger partial charge in [0.05, 0.1) is 12.6 Å². The van der Waals surface area contributed by atoms with Crippen molar-refractivity contribution in [1.29, 1.82) is 0 Å². The van der Waals surface area contributed by atoms with Crippen LogP contribution in [-0.2, 0) is 10.0 Å². The molecule has 2 N–H and O–H groups in total. The fourth-order valence-electron chi connectivity index (χ4n) is 4.15. The van der Waals surface area contributed by atoms with Crippen LogP contribution in [0.15, 0.2) is 51.8 Å². The van der Waals surface area contributed by atoms with E-state index in [0.717, 1.165) is 46.9 Å². The number of aromatic nitrogens is 2. The number of ether oxygens (including phenoxy) is 1. The van der Waals surface area contributed by atoms with E-state index in [1.54, 1.807) is 18.2 Å². The molecule has 1 aliphatic carbocycles. The van der Waals surface area contributed by atoms with Crippen molar-refractivity contribution >= 4 is 48.6 Å². The molecule has 33 heavy (non-hydrogen) atoms. The van der Waals surface area contributed by atoms with Crippen molar-refractivity contribution in [3.05, 3.63) is 46.9 Å². The van der Waals surface area contributed by atoms with Crippen LogP contribution in [0, 0.1) is 0 Å². The second kappa shape index (κ2) is 9.82. The molecule has 8 nitrogen and oxygen atoms in total. The van der Waals surface area contributed by atoms with Gasteiger partial charge in [-0.05, 0) is 56.0 Å². The first-order chi connectivity index (χ1) is 15.8. The molecule has 1 saturated carbocycles. The number of hydrogen-bond donors (Lipinski definition) is 2. The number of benzene rings is 2. The molecule has 1 fully saturated rings. The van der Waals surface area contributed by atoms with Crippen LogP contribution in [0.2, 0.25) is 0 Å². The van der Waals surface area contributed by atoms with Crippen LogP contribution in [0.25, 0.3) is 10.9 Å². The first kappa shape index (κ1) is 23.7. The predicted molar refractivity (Wildman–Crippen MR) is 135 cm³/mol. The smallest absolute Gasteiger partial charge is 0.244 e. The molecule has 3 aromatic rings. The van der Waals surface area contributed by atoms with E-state index in [1.807, 2.05) is 43.3 Å². The molecule has 0 atom stereocenters. The molecule has 1 aliphatic rings. The molecule has 1 heterocycles. The van der Waals surface area contributed by atoms with Gasteiger partial charge in [-0.25, -0.2) is 18.1 Å². The van der Waals surface area contributed by atoms with Crippen molar-refractivity contribution < 1.29 is 13.2 Å². The molecule has 4 rings (SSSR count). The molecular weight excluding hydrogens is 506 g/mol. The number of nitrogens with zero attached hydrogens (tertiary/aromatic N) is 3. The van der Waals surface area contributed by atoms with Crippen molar-refractivity contribution in [2.24, 2.45) is 0 Å². The number of fused-ring (bicyclic) bond motifs is 1. The average molecular weight is 534 g/mol. The Morgan fingerprint density at radius 3 is 2.42 bits per heavy atom. The van der Waals surface area contributed by atoms with Gasteiger partial charge < -0.3 is 15.0 Å². The zero-order valence-electron chi connectivity index (χ0n) is 18.9. The summed E-state index contributed by atoms with van der Waals surface area (Å²) in [7, 11) is 1.72. The second-order valence-electron chi connectivity index (χ2n) is 8.39. The SMILES string of the molecule is COc1cc(Br)ccc1S(=O)(=O)NC1CCC(Nc2nc(N(C)C)c3ccccc3n2)CC1. The first-order valence-corrected chi connectivity index (χ1v) is 13.1. The van der Waals surface area contributed by atoms with Crippen LogP contribution < -0.4 is 19.7 Å². The summed E-state index contributed by atoms with van der Waals surface area (Å²) in [6, 6.07) is 12.9. The normalized spacial score (nSPS) is 18.8. The Kier molecular flexibility index (Phi) is 7.06. The zero-order chi connectivity index (χ0) is 23.6. The van der Waals surface area contributed by atoms with E-state index < -0.39 is 10.0 Å². The molecule has 0 radical (unpaired) electrons.